The van der Waals surface area contributed by atoms with E-state index in [4.69, 9.17) is 19.1 Å². The lowest BCUT2D eigenvalue weighted by Crippen LogP contribution is -1.98. The third kappa shape index (κ3) is 3.88. The van der Waals surface area contributed by atoms with E-state index in [1.165, 1.54) is 11.8 Å². The number of methoxy groups -OCH3 is 2. The van der Waals surface area contributed by atoms with E-state index in [9.17, 15) is 4.79 Å². The van der Waals surface area contributed by atoms with E-state index in [2.05, 4.69) is 10.1 Å². The molecular formula is C13H14N2O5S. The Kier molecular flexibility index (Phi) is 5.04. The number of thioether (sulfide) groups is 1. The van der Waals surface area contributed by atoms with Crippen molar-refractivity contribution in [1.29, 1.82) is 0 Å². The predicted octanol–water partition coefficient (Wildman–Crippen LogP) is 2.07. The van der Waals surface area contributed by atoms with Crippen molar-refractivity contribution in [2.45, 2.75) is 5.75 Å². The van der Waals surface area contributed by atoms with Crippen LogP contribution in [0.15, 0.2) is 22.7 Å². The third-order valence-electron chi connectivity index (χ3n) is 2.56. The lowest BCUT2D eigenvalue weighted by atomic mass is 10.2. The van der Waals surface area contributed by atoms with Crippen molar-refractivity contribution in [1.82, 2.24) is 10.1 Å². The fourth-order valence-electron chi connectivity index (χ4n) is 1.63. The van der Waals surface area contributed by atoms with E-state index < -0.39 is 5.97 Å². The number of carboxylic acids is 1. The van der Waals surface area contributed by atoms with Crippen LogP contribution in [0, 0.1) is 0 Å². The summed E-state index contributed by atoms with van der Waals surface area (Å²) in [5.74, 6) is 1.46. The van der Waals surface area contributed by atoms with Gasteiger partial charge in [-0.25, -0.2) is 0 Å². The zero-order chi connectivity index (χ0) is 15.2. The van der Waals surface area contributed by atoms with Crippen LogP contribution in [0.25, 0.3) is 11.4 Å². The maximum Gasteiger partial charge on any atom is 0.313 e. The van der Waals surface area contributed by atoms with Crippen LogP contribution >= 0.6 is 11.8 Å². The van der Waals surface area contributed by atoms with E-state index in [1.54, 1.807) is 32.4 Å². The highest BCUT2D eigenvalue weighted by Crippen LogP contribution is 2.31. The predicted molar refractivity (Wildman–Crippen MR) is 76.6 cm³/mol. The Morgan fingerprint density at radius 1 is 1.33 bits per heavy atom. The molecule has 0 unspecified atom stereocenters. The molecule has 2 aromatic rings. The molecule has 0 atom stereocenters. The van der Waals surface area contributed by atoms with Crippen LogP contribution in [0.3, 0.4) is 0 Å². The van der Waals surface area contributed by atoms with E-state index in [0.717, 1.165) is 5.56 Å². The first-order valence-electron chi connectivity index (χ1n) is 5.98. The fourth-order valence-corrected chi connectivity index (χ4v) is 2.20. The van der Waals surface area contributed by atoms with Gasteiger partial charge in [0.2, 0.25) is 11.7 Å². The van der Waals surface area contributed by atoms with Crippen LogP contribution in [-0.4, -0.2) is 41.2 Å². The van der Waals surface area contributed by atoms with Crippen molar-refractivity contribution in [2.24, 2.45) is 0 Å². The van der Waals surface area contributed by atoms with Crippen molar-refractivity contribution < 1.29 is 23.9 Å². The van der Waals surface area contributed by atoms with Crippen molar-refractivity contribution in [2.75, 3.05) is 20.0 Å². The first-order chi connectivity index (χ1) is 10.1. The van der Waals surface area contributed by atoms with Gasteiger partial charge in [0.15, 0.2) is 11.5 Å². The monoisotopic (exact) mass is 310 g/mol. The summed E-state index contributed by atoms with van der Waals surface area (Å²) in [6, 6.07) is 5.29. The summed E-state index contributed by atoms with van der Waals surface area (Å²) in [6.07, 6.45) is 0. The van der Waals surface area contributed by atoms with E-state index in [-0.39, 0.29) is 5.75 Å². The molecule has 0 aliphatic heterocycles. The van der Waals surface area contributed by atoms with Gasteiger partial charge >= 0.3 is 5.97 Å². The van der Waals surface area contributed by atoms with E-state index in [1.807, 2.05) is 0 Å². The van der Waals surface area contributed by atoms with Crippen LogP contribution < -0.4 is 9.47 Å². The Bertz CT molecular complexity index is 629. The number of benzene rings is 1. The quantitative estimate of drug-likeness (QED) is 0.830. The zero-order valence-electron chi connectivity index (χ0n) is 11.5. The number of ether oxygens (including phenoxy) is 2. The minimum Gasteiger partial charge on any atom is -0.493 e. The van der Waals surface area contributed by atoms with Crippen LogP contribution in [0.1, 0.15) is 5.89 Å². The van der Waals surface area contributed by atoms with Crippen molar-refractivity contribution in [3.8, 4) is 22.9 Å². The minimum absolute atomic E-state index is 0.00588. The lowest BCUT2D eigenvalue weighted by Gasteiger charge is -2.07. The molecular weight excluding hydrogens is 296 g/mol. The van der Waals surface area contributed by atoms with Crippen molar-refractivity contribution >= 4 is 17.7 Å². The van der Waals surface area contributed by atoms with Gasteiger partial charge in [-0.05, 0) is 18.2 Å². The molecule has 0 aliphatic rings. The highest BCUT2D eigenvalue weighted by molar-refractivity contribution is 7.99. The highest BCUT2D eigenvalue weighted by Gasteiger charge is 2.12. The second kappa shape index (κ2) is 6.98. The van der Waals surface area contributed by atoms with E-state index >= 15 is 0 Å². The van der Waals surface area contributed by atoms with Crippen LogP contribution in [0.2, 0.25) is 0 Å². The van der Waals surface area contributed by atoms with Gasteiger partial charge in [-0.15, -0.1) is 11.8 Å². The summed E-state index contributed by atoms with van der Waals surface area (Å²) in [5.41, 5.74) is 0.728. The van der Waals surface area contributed by atoms with Crippen molar-refractivity contribution in [3.63, 3.8) is 0 Å². The molecule has 21 heavy (non-hydrogen) atoms. The Morgan fingerprint density at radius 2 is 2.10 bits per heavy atom. The number of nitrogens with zero attached hydrogens (tertiary/aromatic N) is 2. The number of hydrogen-bond donors (Lipinski definition) is 1. The first kappa shape index (κ1) is 15.2. The van der Waals surface area contributed by atoms with Gasteiger partial charge in [-0.3, -0.25) is 4.79 Å². The van der Waals surface area contributed by atoms with Crippen LogP contribution in [-0.2, 0) is 10.5 Å². The van der Waals surface area contributed by atoms with Gasteiger partial charge in [-0.2, -0.15) is 4.98 Å². The molecule has 0 spiro atoms. The van der Waals surface area contributed by atoms with Crippen LogP contribution in [0.5, 0.6) is 11.5 Å². The highest BCUT2D eigenvalue weighted by atomic mass is 32.2. The summed E-state index contributed by atoms with van der Waals surface area (Å²) in [7, 11) is 3.11. The average Bonchev–Trinajstić information content (AvgIpc) is 2.95. The van der Waals surface area contributed by atoms with Gasteiger partial charge in [-0.1, -0.05) is 5.16 Å². The largest absolute Gasteiger partial charge is 0.493 e. The van der Waals surface area contributed by atoms with Crippen molar-refractivity contribution in [3.05, 3.63) is 24.1 Å². The molecule has 1 heterocycles. The molecule has 0 saturated heterocycles. The number of hydrogen-bond acceptors (Lipinski definition) is 7. The summed E-state index contributed by atoms with van der Waals surface area (Å²) >= 11 is 1.20. The molecule has 2 rings (SSSR count). The molecule has 0 fully saturated rings. The molecule has 7 nitrogen and oxygen atoms in total. The molecule has 0 amide bonds. The van der Waals surface area contributed by atoms with Gasteiger partial charge in [0.25, 0.3) is 0 Å². The fraction of sp³-hybridized carbons (Fsp3) is 0.308. The second-order valence-corrected chi connectivity index (χ2v) is 4.95. The SMILES string of the molecule is COc1ccc(-c2noc(CSCC(=O)O)n2)cc1OC. The topological polar surface area (TPSA) is 94.7 Å². The average molecular weight is 310 g/mol. The third-order valence-corrected chi connectivity index (χ3v) is 3.46. The van der Waals surface area contributed by atoms with E-state index in [0.29, 0.717) is 29.0 Å². The molecule has 0 aliphatic carbocycles. The zero-order valence-corrected chi connectivity index (χ0v) is 12.3. The standard InChI is InChI=1S/C13H14N2O5S/c1-18-9-4-3-8(5-10(9)19-2)13-14-11(20-15-13)6-21-7-12(16)17/h3-5H,6-7H2,1-2H3,(H,16,17). The molecule has 0 saturated carbocycles. The second-order valence-electron chi connectivity index (χ2n) is 3.97. The van der Waals surface area contributed by atoms with Crippen LogP contribution in [0.4, 0.5) is 0 Å². The molecule has 112 valence electrons. The number of carbonyl (C=O) groups is 1. The van der Waals surface area contributed by atoms with Gasteiger partial charge < -0.3 is 19.1 Å². The molecule has 0 bridgehead atoms. The molecule has 1 N–H and O–H groups in total. The first-order valence-corrected chi connectivity index (χ1v) is 7.14. The smallest absolute Gasteiger partial charge is 0.313 e. The Hall–Kier alpha value is -2.22. The van der Waals surface area contributed by atoms with Gasteiger partial charge in [0, 0.05) is 5.56 Å². The molecule has 8 heteroatoms. The maximum atomic E-state index is 10.4. The Balaban J connectivity index is 2.12. The molecule has 1 aromatic heterocycles. The Labute approximate surface area is 125 Å². The summed E-state index contributed by atoms with van der Waals surface area (Å²) in [6.45, 7) is 0. The number of aromatic nitrogens is 2. The minimum atomic E-state index is -0.875. The summed E-state index contributed by atoms with van der Waals surface area (Å²) < 4.78 is 15.5. The Morgan fingerprint density at radius 3 is 2.76 bits per heavy atom. The van der Waals surface area contributed by atoms with Gasteiger partial charge in [0.1, 0.15) is 0 Å². The molecule has 1 aromatic carbocycles. The van der Waals surface area contributed by atoms with Gasteiger partial charge in [0.05, 0.1) is 25.7 Å². The number of rotatable bonds is 7. The summed E-state index contributed by atoms with van der Waals surface area (Å²) in [5, 5.41) is 12.4. The number of carboxylic acid groups (broad SMARTS) is 1. The number of aliphatic carboxylic acids is 1. The molecule has 0 radical (unpaired) electrons. The maximum absolute atomic E-state index is 10.4. The lowest BCUT2D eigenvalue weighted by molar-refractivity contribution is -0.133. The normalized spacial score (nSPS) is 10.4. The summed E-state index contributed by atoms with van der Waals surface area (Å²) in [4.78, 5) is 14.7.